The van der Waals surface area contributed by atoms with Crippen LogP contribution in [0.4, 0.5) is 0 Å². The molecule has 0 spiro atoms. The van der Waals surface area contributed by atoms with E-state index < -0.39 is 5.60 Å². The van der Waals surface area contributed by atoms with Gasteiger partial charge in [-0.1, -0.05) is 0 Å². The van der Waals surface area contributed by atoms with E-state index in [2.05, 4.69) is 17.3 Å². The lowest BCUT2D eigenvalue weighted by molar-refractivity contribution is 0.0183. The first-order chi connectivity index (χ1) is 6.16. The van der Waals surface area contributed by atoms with Crippen molar-refractivity contribution in [2.75, 3.05) is 33.7 Å². The normalized spacial score (nSPS) is 31.6. The van der Waals surface area contributed by atoms with Gasteiger partial charge in [-0.05, 0) is 52.9 Å². The first kappa shape index (κ1) is 11.0. The van der Waals surface area contributed by atoms with Crippen LogP contribution in [0.25, 0.3) is 0 Å². The smallest absolute Gasteiger partial charge is 0.0672 e. The van der Waals surface area contributed by atoms with Gasteiger partial charge in [0.15, 0.2) is 0 Å². The van der Waals surface area contributed by atoms with Crippen molar-refractivity contribution in [3.8, 4) is 0 Å². The molecule has 1 aliphatic heterocycles. The lowest BCUT2D eigenvalue weighted by Gasteiger charge is -2.26. The third-order valence-corrected chi connectivity index (χ3v) is 2.98. The van der Waals surface area contributed by atoms with Gasteiger partial charge < -0.3 is 15.3 Å². The molecule has 1 atom stereocenters. The molecule has 1 aliphatic rings. The molecule has 13 heavy (non-hydrogen) atoms. The van der Waals surface area contributed by atoms with Crippen LogP contribution < -0.4 is 5.32 Å². The number of likely N-dealkylation sites (tertiary alicyclic amines) is 1. The predicted octanol–water partition coefficient (Wildman–Crippen LogP) is 0.443. The standard InChI is InChI=1S/C10H22N2O/c1-11-7-5-10(13)4-3-8-12(2)9-6-10/h11,13H,3-9H2,1-2H3. The Labute approximate surface area is 81.1 Å². The summed E-state index contributed by atoms with van der Waals surface area (Å²) in [6, 6.07) is 0. The Hall–Kier alpha value is -0.120. The number of rotatable bonds is 3. The molecular formula is C10H22N2O. The van der Waals surface area contributed by atoms with Crippen LogP contribution in [0.3, 0.4) is 0 Å². The third kappa shape index (κ3) is 3.63. The molecule has 0 bridgehead atoms. The van der Waals surface area contributed by atoms with Crippen LogP contribution in [0.1, 0.15) is 25.7 Å². The first-order valence-electron chi connectivity index (χ1n) is 5.22. The maximum absolute atomic E-state index is 10.2. The Morgan fingerprint density at radius 2 is 2.15 bits per heavy atom. The largest absolute Gasteiger partial charge is 0.390 e. The van der Waals surface area contributed by atoms with Crippen molar-refractivity contribution >= 4 is 0 Å². The van der Waals surface area contributed by atoms with E-state index in [1.165, 1.54) is 0 Å². The highest BCUT2D eigenvalue weighted by atomic mass is 16.3. The zero-order valence-corrected chi connectivity index (χ0v) is 8.84. The topological polar surface area (TPSA) is 35.5 Å². The fourth-order valence-electron chi connectivity index (χ4n) is 1.92. The molecule has 0 aliphatic carbocycles. The van der Waals surface area contributed by atoms with Crippen molar-refractivity contribution < 1.29 is 5.11 Å². The molecule has 1 rings (SSSR count). The van der Waals surface area contributed by atoms with Crippen molar-refractivity contribution in [3.05, 3.63) is 0 Å². The number of nitrogens with one attached hydrogen (secondary N) is 1. The van der Waals surface area contributed by atoms with E-state index in [0.717, 1.165) is 45.3 Å². The molecule has 1 fully saturated rings. The van der Waals surface area contributed by atoms with Crippen LogP contribution in [-0.2, 0) is 0 Å². The van der Waals surface area contributed by atoms with Crippen LogP contribution in [0.5, 0.6) is 0 Å². The van der Waals surface area contributed by atoms with Gasteiger partial charge in [0, 0.05) is 6.54 Å². The van der Waals surface area contributed by atoms with Crippen molar-refractivity contribution in [2.45, 2.75) is 31.3 Å². The van der Waals surface area contributed by atoms with Gasteiger partial charge in [0.05, 0.1) is 5.60 Å². The van der Waals surface area contributed by atoms with E-state index in [1.807, 2.05) is 7.05 Å². The number of nitrogens with zero attached hydrogens (tertiary/aromatic N) is 1. The average molecular weight is 186 g/mol. The van der Waals surface area contributed by atoms with E-state index in [-0.39, 0.29) is 0 Å². The van der Waals surface area contributed by atoms with Crippen molar-refractivity contribution in [2.24, 2.45) is 0 Å². The van der Waals surface area contributed by atoms with Gasteiger partial charge in [-0.25, -0.2) is 0 Å². The Balaban J connectivity index is 2.37. The summed E-state index contributed by atoms with van der Waals surface area (Å²) in [7, 11) is 4.07. The maximum atomic E-state index is 10.2. The highest BCUT2D eigenvalue weighted by molar-refractivity contribution is 4.83. The van der Waals surface area contributed by atoms with Crippen LogP contribution in [0.2, 0.25) is 0 Å². The van der Waals surface area contributed by atoms with Gasteiger partial charge in [0.2, 0.25) is 0 Å². The van der Waals surface area contributed by atoms with Crippen LogP contribution in [-0.4, -0.2) is 49.3 Å². The molecule has 3 nitrogen and oxygen atoms in total. The molecule has 1 saturated heterocycles. The molecule has 2 N–H and O–H groups in total. The summed E-state index contributed by atoms with van der Waals surface area (Å²) in [6.45, 7) is 3.07. The predicted molar refractivity (Wildman–Crippen MR) is 54.8 cm³/mol. The summed E-state index contributed by atoms with van der Waals surface area (Å²) in [5, 5.41) is 13.3. The molecule has 78 valence electrons. The lowest BCUT2D eigenvalue weighted by atomic mass is 9.91. The maximum Gasteiger partial charge on any atom is 0.0672 e. The van der Waals surface area contributed by atoms with Crippen molar-refractivity contribution in [1.82, 2.24) is 10.2 Å². The minimum Gasteiger partial charge on any atom is -0.390 e. The van der Waals surface area contributed by atoms with E-state index in [9.17, 15) is 5.11 Å². The molecule has 0 amide bonds. The Morgan fingerprint density at radius 1 is 1.38 bits per heavy atom. The lowest BCUT2D eigenvalue weighted by Crippen LogP contribution is -2.33. The summed E-state index contributed by atoms with van der Waals surface area (Å²) in [6.07, 6.45) is 3.89. The molecule has 0 saturated carbocycles. The van der Waals surface area contributed by atoms with E-state index in [0.29, 0.717) is 0 Å². The average Bonchev–Trinajstić information content (AvgIpc) is 2.27. The molecule has 1 heterocycles. The zero-order chi connectivity index (χ0) is 9.73. The number of aliphatic hydroxyl groups is 1. The summed E-state index contributed by atoms with van der Waals surface area (Å²) < 4.78 is 0. The van der Waals surface area contributed by atoms with Crippen LogP contribution in [0.15, 0.2) is 0 Å². The molecule has 0 radical (unpaired) electrons. The molecule has 0 aromatic heterocycles. The van der Waals surface area contributed by atoms with Gasteiger partial charge in [0.1, 0.15) is 0 Å². The van der Waals surface area contributed by atoms with Gasteiger partial charge in [-0.3, -0.25) is 0 Å². The third-order valence-electron chi connectivity index (χ3n) is 2.98. The quantitative estimate of drug-likeness (QED) is 0.671. The van der Waals surface area contributed by atoms with Crippen LogP contribution >= 0.6 is 0 Å². The van der Waals surface area contributed by atoms with Crippen molar-refractivity contribution in [1.29, 1.82) is 0 Å². The minimum absolute atomic E-state index is 0.409. The summed E-state index contributed by atoms with van der Waals surface area (Å²) in [5.74, 6) is 0. The SMILES string of the molecule is CNCCC1(O)CCCN(C)CC1. The Kier molecular flexibility index (Phi) is 4.16. The van der Waals surface area contributed by atoms with Crippen molar-refractivity contribution in [3.63, 3.8) is 0 Å². The summed E-state index contributed by atoms with van der Waals surface area (Å²) in [4.78, 5) is 2.30. The highest BCUT2D eigenvalue weighted by Gasteiger charge is 2.28. The van der Waals surface area contributed by atoms with E-state index in [4.69, 9.17) is 0 Å². The zero-order valence-electron chi connectivity index (χ0n) is 8.84. The fraction of sp³-hybridized carbons (Fsp3) is 1.00. The summed E-state index contributed by atoms with van der Waals surface area (Å²) in [5.41, 5.74) is -0.409. The molecular weight excluding hydrogens is 164 g/mol. The molecule has 3 heteroatoms. The molecule has 0 aromatic rings. The second-order valence-electron chi connectivity index (χ2n) is 4.23. The second-order valence-corrected chi connectivity index (χ2v) is 4.23. The Morgan fingerprint density at radius 3 is 2.85 bits per heavy atom. The second kappa shape index (κ2) is 4.94. The van der Waals surface area contributed by atoms with Gasteiger partial charge in [-0.2, -0.15) is 0 Å². The fourth-order valence-corrected chi connectivity index (χ4v) is 1.92. The van der Waals surface area contributed by atoms with E-state index >= 15 is 0 Å². The molecule has 1 unspecified atom stereocenters. The van der Waals surface area contributed by atoms with Gasteiger partial charge >= 0.3 is 0 Å². The molecule has 0 aromatic carbocycles. The monoisotopic (exact) mass is 186 g/mol. The highest BCUT2D eigenvalue weighted by Crippen LogP contribution is 2.24. The first-order valence-corrected chi connectivity index (χ1v) is 5.22. The van der Waals surface area contributed by atoms with E-state index in [1.54, 1.807) is 0 Å². The minimum atomic E-state index is -0.409. The van der Waals surface area contributed by atoms with Crippen LogP contribution in [0, 0.1) is 0 Å². The van der Waals surface area contributed by atoms with Gasteiger partial charge in [0.25, 0.3) is 0 Å². The Bertz CT molecular complexity index is 148. The van der Waals surface area contributed by atoms with Gasteiger partial charge in [-0.15, -0.1) is 0 Å². The number of hydrogen-bond acceptors (Lipinski definition) is 3. The number of hydrogen-bond donors (Lipinski definition) is 2. The summed E-state index contributed by atoms with van der Waals surface area (Å²) >= 11 is 0.